The van der Waals surface area contributed by atoms with Crippen molar-refractivity contribution in [3.8, 4) is 5.75 Å². The van der Waals surface area contributed by atoms with E-state index in [1.54, 1.807) is 14.0 Å². The highest BCUT2D eigenvalue weighted by atomic mass is 19.1. The van der Waals surface area contributed by atoms with E-state index in [0.717, 1.165) is 54.6 Å². The van der Waals surface area contributed by atoms with Gasteiger partial charge < -0.3 is 19.9 Å². The molecular formula is C20H24F2N3O2+. The number of piperazine rings is 1. The molecule has 1 fully saturated rings. The molecule has 0 radical (unpaired) electrons. The predicted molar refractivity (Wildman–Crippen MR) is 100 cm³/mol. The lowest BCUT2D eigenvalue weighted by Gasteiger charge is -2.36. The van der Waals surface area contributed by atoms with Crippen LogP contribution in [0.5, 0.6) is 5.75 Å². The van der Waals surface area contributed by atoms with Crippen LogP contribution in [0.3, 0.4) is 0 Å². The van der Waals surface area contributed by atoms with Gasteiger partial charge in [-0.05, 0) is 43.3 Å². The third-order valence-electron chi connectivity index (χ3n) is 5.06. The molecular weight excluding hydrogens is 352 g/mol. The average molecular weight is 376 g/mol. The van der Waals surface area contributed by atoms with Crippen LogP contribution in [-0.2, 0) is 4.79 Å². The summed E-state index contributed by atoms with van der Waals surface area (Å²) in [6.07, 6.45) is 0. The smallest absolute Gasteiger partial charge is 0.282 e. The number of amides is 1. The van der Waals surface area contributed by atoms with E-state index in [1.165, 1.54) is 6.07 Å². The summed E-state index contributed by atoms with van der Waals surface area (Å²) in [7, 11) is 1.64. The van der Waals surface area contributed by atoms with Gasteiger partial charge in [0.15, 0.2) is 6.04 Å². The number of anilines is 2. The van der Waals surface area contributed by atoms with Gasteiger partial charge in [-0.2, -0.15) is 0 Å². The summed E-state index contributed by atoms with van der Waals surface area (Å²) >= 11 is 0. The number of benzene rings is 2. The Morgan fingerprint density at radius 3 is 2.26 bits per heavy atom. The van der Waals surface area contributed by atoms with Crippen LogP contribution < -0.4 is 19.9 Å². The Morgan fingerprint density at radius 1 is 1.11 bits per heavy atom. The van der Waals surface area contributed by atoms with Gasteiger partial charge in [0.2, 0.25) is 0 Å². The SMILES string of the molecule is COc1ccc(N2CC[NH+]([C@H](C)C(=O)Nc3c(F)cccc3F)CC2)cc1. The van der Waals surface area contributed by atoms with Crippen molar-refractivity contribution < 1.29 is 23.2 Å². The van der Waals surface area contributed by atoms with E-state index in [9.17, 15) is 13.6 Å². The van der Waals surface area contributed by atoms with Gasteiger partial charge in [-0.15, -0.1) is 0 Å². The van der Waals surface area contributed by atoms with Crippen molar-refractivity contribution in [3.63, 3.8) is 0 Å². The van der Waals surface area contributed by atoms with Crippen molar-refractivity contribution in [2.75, 3.05) is 43.5 Å². The molecule has 1 aliphatic rings. The molecule has 1 heterocycles. The van der Waals surface area contributed by atoms with Crippen molar-refractivity contribution in [1.82, 2.24) is 0 Å². The summed E-state index contributed by atoms with van der Waals surface area (Å²) in [6.45, 7) is 4.91. The second-order valence-electron chi connectivity index (χ2n) is 6.65. The number of para-hydroxylation sites is 1. The lowest BCUT2D eigenvalue weighted by molar-refractivity contribution is -0.914. The van der Waals surface area contributed by atoms with Gasteiger partial charge in [0.25, 0.3) is 5.91 Å². The number of nitrogens with zero attached hydrogens (tertiary/aromatic N) is 1. The molecule has 0 aliphatic carbocycles. The zero-order valence-electron chi connectivity index (χ0n) is 15.5. The van der Waals surface area contributed by atoms with E-state index in [2.05, 4.69) is 10.2 Å². The highest BCUT2D eigenvalue weighted by molar-refractivity contribution is 5.93. The molecule has 0 spiro atoms. The van der Waals surface area contributed by atoms with E-state index >= 15 is 0 Å². The third-order valence-corrected chi connectivity index (χ3v) is 5.06. The number of halogens is 2. The van der Waals surface area contributed by atoms with Gasteiger partial charge in [0, 0.05) is 5.69 Å². The molecule has 5 nitrogen and oxygen atoms in total. The van der Waals surface area contributed by atoms with Gasteiger partial charge in [0.1, 0.15) is 23.1 Å². The molecule has 7 heteroatoms. The molecule has 1 aliphatic heterocycles. The standard InChI is InChI=1S/C20H23F2N3O2/c1-14(20(26)23-19-17(21)4-3-5-18(19)22)24-10-12-25(13-11-24)15-6-8-16(27-2)9-7-15/h3-9,14H,10-13H2,1-2H3,(H,23,26)/p+1/t14-/m1/s1. The zero-order chi connectivity index (χ0) is 19.4. The fourth-order valence-corrected chi connectivity index (χ4v) is 3.31. The molecule has 2 aromatic carbocycles. The normalized spacial score (nSPS) is 16.1. The largest absolute Gasteiger partial charge is 0.497 e. The quantitative estimate of drug-likeness (QED) is 0.835. The lowest BCUT2D eigenvalue weighted by atomic mass is 10.2. The summed E-state index contributed by atoms with van der Waals surface area (Å²) in [5.74, 6) is -1.11. The number of nitrogens with one attached hydrogen (secondary N) is 2. The molecule has 0 bridgehead atoms. The van der Waals surface area contributed by atoms with Crippen LogP contribution >= 0.6 is 0 Å². The number of hydrogen-bond donors (Lipinski definition) is 2. The number of carbonyl (C=O) groups excluding carboxylic acids is 1. The Morgan fingerprint density at radius 2 is 1.70 bits per heavy atom. The van der Waals surface area contributed by atoms with Crippen molar-refractivity contribution in [2.24, 2.45) is 0 Å². The minimum Gasteiger partial charge on any atom is -0.497 e. The lowest BCUT2D eigenvalue weighted by Crippen LogP contribution is -3.19. The van der Waals surface area contributed by atoms with Crippen LogP contribution in [0.2, 0.25) is 0 Å². The molecule has 1 amide bonds. The van der Waals surface area contributed by atoms with Crippen LogP contribution in [0.25, 0.3) is 0 Å². The molecule has 0 saturated carbocycles. The molecule has 0 unspecified atom stereocenters. The van der Waals surface area contributed by atoms with E-state index in [-0.39, 0.29) is 11.6 Å². The fraction of sp³-hybridized carbons (Fsp3) is 0.350. The molecule has 3 rings (SSSR count). The minimum absolute atomic E-state index is 0.383. The van der Waals surface area contributed by atoms with Gasteiger partial charge in [-0.1, -0.05) is 6.07 Å². The van der Waals surface area contributed by atoms with E-state index in [1.807, 2.05) is 24.3 Å². The molecule has 1 atom stereocenters. The van der Waals surface area contributed by atoms with Gasteiger partial charge in [-0.25, -0.2) is 8.78 Å². The first-order valence-corrected chi connectivity index (χ1v) is 8.98. The first-order chi connectivity index (χ1) is 13.0. The minimum atomic E-state index is -0.769. The van der Waals surface area contributed by atoms with E-state index in [4.69, 9.17) is 4.74 Å². The first kappa shape index (κ1) is 19.1. The van der Waals surface area contributed by atoms with Crippen molar-refractivity contribution in [1.29, 1.82) is 0 Å². The molecule has 1 saturated heterocycles. The molecule has 144 valence electrons. The van der Waals surface area contributed by atoms with Crippen LogP contribution in [0.4, 0.5) is 20.2 Å². The fourth-order valence-electron chi connectivity index (χ4n) is 3.31. The summed E-state index contributed by atoms with van der Waals surface area (Å²) in [6, 6.07) is 11.0. The van der Waals surface area contributed by atoms with E-state index in [0.29, 0.717) is 0 Å². The Kier molecular flexibility index (Phi) is 5.91. The maximum atomic E-state index is 13.7. The number of hydrogen-bond acceptors (Lipinski definition) is 3. The molecule has 0 aromatic heterocycles. The highest BCUT2D eigenvalue weighted by Gasteiger charge is 2.30. The Hall–Kier alpha value is -2.67. The van der Waals surface area contributed by atoms with Crippen molar-refractivity contribution in [3.05, 3.63) is 54.1 Å². The maximum absolute atomic E-state index is 13.7. The van der Waals surface area contributed by atoms with Crippen LogP contribution in [0.1, 0.15) is 6.92 Å². The average Bonchev–Trinajstić information content (AvgIpc) is 2.70. The van der Waals surface area contributed by atoms with Gasteiger partial charge >= 0.3 is 0 Å². The second kappa shape index (κ2) is 8.35. The van der Waals surface area contributed by atoms with Gasteiger partial charge in [0.05, 0.1) is 33.3 Å². The Labute approximate surface area is 157 Å². The number of methoxy groups -OCH3 is 1. The Balaban J connectivity index is 1.57. The first-order valence-electron chi connectivity index (χ1n) is 8.98. The molecule has 27 heavy (non-hydrogen) atoms. The zero-order valence-corrected chi connectivity index (χ0v) is 15.5. The van der Waals surface area contributed by atoms with Crippen molar-refractivity contribution >= 4 is 17.3 Å². The topological polar surface area (TPSA) is 46.0 Å². The third kappa shape index (κ3) is 4.36. The predicted octanol–water partition coefficient (Wildman–Crippen LogP) is 1.71. The van der Waals surface area contributed by atoms with E-state index < -0.39 is 17.7 Å². The highest BCUT2D eigenvalue weighted by Crippen LogP contribution is 2.19. The van der Waals surface area contributed by atoms with Crippen LogP contribution in [0.15, 0.2) is 42.5 Å². The number of rotatable bonds is 5. The Bertz CT molecular complexity index is 770. The maximum Gasteiger partial charge on any atom is 0.282 e. The number of carbonyl (C=O) groups is 1. The summed E-state index contributed by atoms with van der Waals surface area (Å²) in [4.78, 5) is 15.8. The summed E-state index contributed by atoms with van der Waals surface area (Å²) < 4.78 is 32.6. The molecule has 2 N–H and O–H groups in total. The number of quaternary nitrogens is 1. The second-order valence-corrected chi connectivity index (χ2v) is 6.65. The summed E-state index contributed by atoms with van der Waals surface area (Å²) in [5.41, 5.74) is 0.728. The summed E-state index contributed by atoms with van der Waals surface area (Å²) in [5, 5.41) is 2.39. The number of ether oxygens (including phenoxy) is 1. The monoisotopic (exact) mass is 376 g/mol. The van der Waals surface area contributed by atoms with Gasteiger partial charge in [-0.3, -0.25) is 4.79 Å². The van der Waals surface area contributed by atoms with Crippen LogP contribution in [0, 0.1) is 11.6 Å². The molecule has 2 aromatic rings. The van der Waals surface area contributed by atoms with Crippen molar-refractivity contribution in [2.45, 2.75) is 13.0 Å². The van der Waals surface area contributed by atoms with Crippen LogP contribution in [-0.4, -0.2) is 45.2 Å².